The van der Waals surface area contributed by atoms with Gasteiger partial charge in [0.25, 0.3) is 0 Å². The first-order valence-corrected chi connectivity index (χ1v) is 8.45. The molecule has 3 heteroatoms. The fourth-order valence-corrected chi connectivity index (χ4v) is 2.66. The van der Waals surface area contributed by atoms with Crippen LogP contribution in [0.25, 0.3) is 16.6 Å². The molecule has 0 atom stereocenters. The number of rotatable bonds is 5. The molecule has 1 N–H and O–H groups in total. The molecule has 2 rings (SSSR count). The van der Waals surface area contributed by atoms with Crippen molar-refractivity contribution in [1.82, 2.24) is 4.57 Å². The second-order valence-corrected chi connectivity index (χ2v) is 7.09. The minimum atomic E-state index is -0.0212. The summed E-state index contributed by atoms with van der Waals surface area (Å²) in [6.45, 7) is 10.3. The monoisotopic (exact) mass is 327 g/mol. The number of nitrogens with zero attached hydrogens (tertiary/aromatic N) is 1. The summed E-state index contributed by atoms with van der Waals surface area (Å²) in [5.41, 5.74) is 2.89. The number of aliphatic hydroxyl groups is 1. The maximum atomic E-state index is 10.2. The second-order valence-electron chi connectivity index (χ2n) is 6.64. The fraction of sp³-hybridized carbons (Fsp3) is 0.300. The number of aromatic nitrogens is 1. The second kappa shape index (κ2) is 7.14. The van der Waals surface area contributed by atoms with E-state index in [-0.39, 0.29) is 11.2 Å². The van der Waals surface area contributed by atoms with Crippen LogP contribution >= 0.6 is 12.6 Å². The summed E-state index contributed by atoms with van der Waals surface area (Å²) < 4.78 is 1.98. The van der Waals surface area contributed by atoms with Gasteiger partial charge in [-0.15, -0.1) is 0 Å². The molecule has 1 aromatic carbocycles. The molecule has 0 spiro atoms. The molecule has 23 heavy (non-hydrogen) atoms. The van der Waals surface area contributed by atoms with E-state index in [1.165, 1.54) is 0 Å². The normalized spacial score (nSPS) is 13.6. The Balaban J connectivity index is 2.59. The number of aliphatic hydroxyl groups excluding tert-OH is 1. The molecule has 0 aliphatic carbocycles. The fourth-order valence-electron chi connectivity index (χ4n) is 2.53. The molecule has 1 aromatic heterocycles. The van der Waals surface area contributed by atoms with E-state index in [9.17, 15) is 5.11 Å². The number of fused-ring (bicyclic) bond motifs is 1. The molecule has 1 heterocycles. The SMILES string of the molecule is C=C(O)/C(=C\C(=C/CCS)C(C)(C)C)n1ccc2ccccc21. The predicted octanol–water partition coefficient (Wildman–Crippen LogP) is 5.85. The number of hydrogen-bond acceptors (Lipinski definition) is 2. The van der Waals surface area contributed by atoms with Crippen LogP contribution in [0.4, 0.5) is 0 Å². The lowest BCUT2D eigenvalue weighted by Crippen LogP contribution is -2.10. The Hall–Kier alpha value is -1.87. The van der Waals surface area contributed by atoms with E-state index in [2.05, 4.69) is 52.1 Å². The topological polar surface area (TPSA) is 25.2 Å². The highest BCUT2D eigenvalue weighted by Crippen LogP contribution is 2.31. The quantitative estimate of drug-likeness (QED) is 0.402. The summed E-state index contributed by atoms with van der Waals surface area (Å²) in [6, 6.07) is 10.2. The molecule has 0 fully saturated rings. The average molecular weight is 327 g/mol. The molecular formula is C20H25NOS. The van der Waals surface area contributed by atoms with Gasteiger partial charge < -0.3 is 9.67 Å². The molecule has 0 radical (unpaired) electrons. The van der Waals surface area contributed by atoms with Crippen molar-refractivity contribution in [1.29, 1.82) is 0 Å². The van der Waals surface area contributed by atoms with Crippen molar-refractivity contribution in [2.75, 3.05) is 5.75 Å². The smallest absolute Gasteiger partial charge is 0.132 e. The lowest BCUT2D eigenvalue weighted by molar-refractivity contribution is 0.435. The van der Waals surface area contributed by atoms with Crippen LogP contribution in [0.15, 0.2) is 66.6 Å². The van der Waals surface area contributed by atoms with Crippen molar-refractivity contribution >= 4 is 29.2 Å². The Morgan fingerprint density at radius 2 is 1.96 bits per heavy atom. The number of hydrogen-bond donors (Lipinski definition) is 2. The van der Waals surface area contributed by atoms with Crippen molar-refractivity contribution in [2.45, 2.75) is 27.2 Å². The first-order chi connectivity index (χ1) is 10.8. The standard InChI is InChI=1S/C20H25NOS/c1-15(22)19(14-17(9-7-13-23)20(2,3)4)21-12-11-16-8-5-6-10-18(16)21/h5-6,8-12,14,22-23H,1,7,13H2,2-4H3/b17-9+,19-14+. The minimum absolute atomic E-state index is 0.0212. The van der Waals surface area contributed by atoms with Crippen LogP contribution in [0, 0.1) is 5.41 Å². The van der Waals surface area contributed by atoms with Crippen LogP contribution in [-0.2, 0) is 0 Å². The largest absolute Gasteiger partial charge is 0.506 e. The number of thiol groups is 1. The molecule has 0 bridgehead atoms. The van der Waals surface area contributed by atoms with E-state index >= 15 is 0 Å². The van der Waals surface area contributed by atoms with Gasteiger partial charge in [-0.25, -0.2) is 0 Å². The predicted molar refractivity (Wildman–Crippen MR) is 104 cm³/mol. The van der Waals surface area contributed by atoms with Gasteiger partial charge in [0.05, 0.1) is 11.2 Å². The molecule has 0 saturated heterocycles. The highest BCUT2D eigenvalue weighted by Gasteiger charge is 2.17. The highest BCUT2D eigenvalue weighted by atomic mass is 32.1. The molecule has 0 aliphatic heterocycles. The zero-order valence-electron chi connectivity index (χ0n) is 14.1. The first-order valence-electron chi connectivity index (χ1n) is 7.82. The number of allylic oxidation sites excluding steroid dienone is 4. The Bertz CT molecular complexity index is 759. The minimum Gasteiger partial charge on any atom is -0.506 e. The van der Waals surface area contributed by atoms with Crippen LogP contribution in [-0.4, -0.2) is 15.4 Å². The van der Waals surface area contributed by atoms with Crippen LogP contribution in [0.2, 0.25) is 0 Å². The molecule has 2 aromatic rings. The van der Waals surface area contributed by atoms with E-state index in [1.54, 1.807) is 0 Å². The van der Waals surface area contributed by atoms with Gasteiger partial charge in [0.1, 0.15) is 5.76 Å². The van der Waals surface area contributed by atoms with Crippen molar-refractivity contribution in [3.63, 3.8) is 0 Å². The summed E-state index contributed by atoms with van der Waals surface area (Å²) in [6.07, 6.45) is 7.07. The van der Waals surface area contributed by atoms with Crippen LogP contribution < -0.4 is 0 Å². The van der Waals surface area contributed by atoms with E-state index in [4.69, 9.17) is 0 Å². The highest BCUT2D eigenvalue weighted by molar-refractivity contribution is 7.80. The molecule has 122 valence electrons. The van der Waals surface area contributed by atoms with Crippen molar-refractivity contribution in [3.05, 3.63) is 66.6 Å². The van der Waals surface area contributed by atoms with E-state index in [0.29, 0.717) is 5.70 Å². The molecule has 0 aliphatic rings. The molecule has 0 amide bonds. The Labute approximate surface area is 144 Å². The van der Waals surface area contributed by atoms with Gasteiger partial charge in [0.2, 0.25) is 0 Å². The molecule has 0 saturated carbocycles. The zero-order valence-corrected chi connectivity index (χ0v) is 15.0. The lowest BCUT2D eigenvalue weighted by Gasteiger charge is -2.22. The van der Waals surface area contributed by atoms with E-state index in [1.807, 2.05) is 41.1 Å². The van der Waals surface area contributed by atoms with Gasteiger partial charge in [-0.1, -0.05) is 51.6 Å². The number of para-hydroxylation sites is 1. The van der Waals surface area contributed by atoms with E-state index < -0.39 is 0 Å². The van der Waals surface area contributed by atoms with Gasteiger partial charge in [-0.05, 0) is 46.8 Å². The third-order valence-electron chi connectivity index (χ3n) is 3.81. The Kier molecular flexibility index (Phi) is 5.42. The first kappa shape index (κ1) is 17.5. The van der Waals surface area contributed by atoms with Gasteiger partial charge >= 0.3 is 0 Å². The van der Waals surface area contributed by atoms with Crippen molar-refractivity contribution in [2.24, 2.45) is 5.41 Å². The van der Waals surface area contributed by atoms with Gasteiger partial charge in [-0.2, -0.15) is 12.6 Å². The Morgan fingerprint density at radius 1 is 1.26 bits per heavy atom. The summed E-state index contributed by atoms with van der Waals surface area (Å²) in [7, 11) is 0. The summed E-state index contributed by atoms with van der Waals surface area (Å²) in [5, 5.41) is 11.3. The van der Waals surface area contributed by atoms with Crippen LogP contribution in [0.1, 0.15) is 27.2 Å². The maximum absolute atomic E-state index is 10.2. The lowest BCUT2D eigenvalue weighted by atomic mass is 9.85. The summed E-state index contributed by atoms with van der Waals surface area (Å²) in [5.74, 6) is 0.863. The third kappa shape index (κ3) is 4.11. The molecular weight excluding hydrogens is 302 g/mol. The molecule has 0 unspecified atom stereocenters. The Morgan fingerprint density at radius 3 is 2.57 bits per heavy atom. The summed E-state index contributed by atoms with van der Waals surface area (Å²) in [4.78, 5) is 0. The third-order valence-corrected chi connectivity index (χ3v) is 4.06. The van der Waals surface area contributed by atoms with Crippen LogP contribution in [0.3, 0.4) is 0 Å². The van der Waals surface area contributed by atoms with Gasteiger partial charge in [0.15, 0.2) is 0 Å². The number of benzene rings is 1. The van der Waals surface area contributed by atoms with Gasteiger partial charge in [-0.3, -0.25) is 0 Å². The summed E-state index contributed by atoms with van der Waals surface area (Å²) >= 11 is 4.29. The van der Waals surface area contributed by atoms with Crippen LogP contribution in [0.5, 0.6) is 0 Å². The van der Waals surface area contributed by atoms with Crippen molar-refractivity contribution in [3.8, 4) is 0 Å². The average Bonchev–Trinajstić information content (AvgIpc) is 2.89. The van der Waals surface area contributed by atoms with Crippen molar-refractivity contribution < 1.29 is 5.11 Å². The zero-order chi connectivity index (χ0) is 17.0. The van der Waals surface area contributed by atoms with E-state index in [0.717, 1.165) is 28.6 Å². The molecule has 2 nitrogen and oxygen atoms in total. The maximum Gasteiger partial charge on any atom is 0.132 e. The van der Waals surface area contributed by atoms with Gasteiger partial charge in [0, 0.05) is 6.20 Å².